The van der Waals surface area contributed by atoms with Crippen molar-refractivity contribution in [1.82, 2.24) is 14.7 Å². The van der Waals surface area contributed by atoms with E-state index in [0.717, 1.165) is 37.3 Å². The fraction of sp³-hybridized carbons (Fsp3) is 0.412. The monoisotopic (exact) mass is 298 g/mol. The van der Waals surface area contributed by atoms with Crippen LogP contribution in [0.3, 0.4) is 0 Å². The van der Waals surface area contributed by atoms with Crippen LogP contribution in [0.4, 0.5) is 10.5 Å². The molecule has 5 heteroatoms. The van der Waals surface area contributed by atoms with Gasteiger partial charge in [-0.05, 0) is 37.0 Å². The summed E-state index contributed by atoms with van der Waals surface area (Å²) in [6, 6.07) is 9.59. The molecule has 22 heavy (non-hydrogen) atoms. The first-order valence-electron chi connectivity index (χ1n) is 7.93. The minimum absolute atomic E-state index is 0.0160. The molecule has 0 radical (unpaired) electrons. The maximum Gasteiger partial charge on any atom is 0.321 e. The number of benzene rings is 1. The molecule has 1 saturated heterocycles. The second-order valence-electron chi connectivity index (χ2n) is 5.76. The summed E-state index contributed by atoms with van der Waals surface area (Å²) in [5.74, 6) is 0.626. The zero-order valence-electron chi connectivity index (χ0n) is 12.9. The van der Waals surface area contributed by atoms with Gasteiger partial charge in [0.1, 0.15) is 0 Å². The summed E-state index contributed by atoms with van der Waals surface area (Å²) in [4.78, 5) is 14.5. The van der Waals surface area contributed by atoms with Gasteiger partial charge in [-0.3, -0.25) is 0 Å². The highest BCUT2D eigenvalue weighted by atomic mass is 16.2. The van der Waals surface area contributed by atoms with E-state index in [9.17, 15) is 4.79 Å². The minimum atomic E-state index is -0.0160. The number of carbonyl (C=O) groups excluding carboxylic acids is 1. The molecule has 0 bridgehead atoms. The Bertz CT molecular complexity index is 623. The van der Waals surface area contributed by atoms with E-state index < -0.39 is 0 Å². The second kappa shape index (κ2) is 6.64. The summed E-state index contributed by atoms with van der Waals surface area (Å²) in [6.07, 6.45) is 7.05. The SMILES string of the molecule is CCC1CCCN(C(=O)Nc2ccccc2-n2cccn2)C1. The second-order valence-corrected chi connectivity index (χ2v) is 5.76. The zero-order valence-corrected chi connectivity index (χ0v) is 12.9. The van der Waals surface area contributed by atoms with Crippen molar-refractivity contribution in [2.45, 2.75) is 26.2 Å². The summed E-state index contributed by atoms with van der Waals surface area (Å²) in [5, 5.41) is 7.28. The van der Waals surface area contributed by atoms with Gasteiger partial charge in [0, 0.05) is 25.5 Å². The van der Waals surface area contributed by atoms with E-state index in [1.165, 1.54) is 6.42 Å². The van der Waals surface area contributed by atoms with Gasteiger partial charge in [-0.2, -0.15) is 5.10 Å². The summed E-state index contributed by atoms with van der Waals surface area (Å²) in [5.41, 5.74) is 1.67. The van der Waals surface area contributed by atoms with E-state index in [-0.39, 0.29) is 6.03 Å². The predicted molar refractivity (Wildman–Crippen MR) is 87.2 cm³/mol. The Kier molecular flexibility index (Phi) is 4.42. The Morgan fingerprint density at radius 3 is 3.00 bits per heavy atom. The zero-order chi connectivity index (χ0) is 15.4. The summed E-state index contributed by atoms with van der Waals surface area (Å²) < 4.78 is 1.76. The number of rotatable bonds is 3. The van der Waals surface area contributed by atoms with Gasteiger partial charge < -0.3 is 10.2 Å². The number of hydrogen-bond acceptors (Lipinski definition) is 2. The van der Waals surface area contributed by atoms with Gasteiger partial charge in [0.25, 0.3) is 0 Å². The van der Waals surface area contributed by atoms with Crippen molar-refractivity contribution in [3.63, 3.8) is 0 Å². The highest BCUT2D eigenvalue weighted by Crippen LogP contribution is 2.22. The molecule has 3 rings (SSSR count). The topological polar surface area (TPSA) is 50.2 Å². The Morgan fingerprint density at radius 2 is 2.23 bits per heavy atom. The van der Waals surface area contributed by atoms with Crippen LogP contribution < -0.4 is 5.32 Å². The van der Waals surface area contributed by atoms with Crippen LogP contribution in [0.15, 0.2) is 42.7 Å². The number of nitrogens with zero attached hydrogens (tertiary/aromatic N) is 3. The van der Waals surface area contributed by atoms with Crippen LogP contribution in [-0.4, -0.2) is 33.8 Å². The highest BCUT2D eigenvalue weighted by Gasteiger charge is 2.23. The quantitative estimate of drug-likeness (QED) is 0.942. The van der Waals surface area contributed by atoms with Crippen molar-refractivity contribution in [3.8, 4) is 5.69 Å². The van der Waals surface area contributed by atoms with E-state index in [1.54, 1.807) is 10.9 Å². The lowest BCUT2D eigenvalue weighted by Gasteiger charge is -2.32. The molecule has 2 heterocycles. The number of piperidine rings is 1. The lowest BCUT2D eigenvalue weighted by atomic mass is 9.96. The van der Waals surface area contributed by atoms with Crippen LogP contribution in [0.2, 0.25) is 0 Å². The fourth-order valence-electron chi connectivity index (χ4n) is 2.97. The lowest BCUT2D eigenvalue weighted by molar-refractivity contribution is 0.176. The Morgan fingerprint density at radius 1 is 1.36 bits per heavy atom. The van der Waals surface area contributed by atoms with E-state index >= 15 is 0 Å². The number of likely N-dealkylation sites (tertiary alicyclic amines) is 1. The van der Waals surface area contributed by atoms with Crippen molar-refractivity contribution in [3.05, 3.63) is 42.7 Å². The lowest BCUT2D eigenvalue weighted by Crippen LogP contribution is -2.42. The molecule has 2 amide bonds. The number of aromatic nitrogens is 2. The molecule has 5 nitrogen and oxygen atoms in total. The molecule has 0 spiro atoms. The van der Waals surface area contributed by atoms with Crippen LogP contribution in [0.5, 0.6) is 0 Å². The molecule has 2 aromatic rings. The third-order valence-corrected chi connectivity index (χ3v) is 4.28. The number of carbonyl (C=O) groups is 1. The van der Waals surface area contributed by atoms with E-state index in [2.05, 4.69) is 17.3 Å². The smallest absolute Gasteiger partial charge is 0.321 e. The third kappa shape index (κ3) is 3.13. The van der Waals surface area contributed by atoms with Crippen molar-refractivity contribution in [2.24, 2.45) is 5.92 Å². The number of hydrogen-bond donors (Lipinski definition) is 1. The fourth-order valence-corrected chi connectivity index (χ4v) is 2.97. The van der Waals surface area contributed by atoms with E-state index in [1.807, 2.05) is 41.4 Å². The van der Waals surface area contributed by atoms with Gasteiger partial charge in [0.05, 0.1) is 11.4 Å². The number of urea groups is 1. The molecule has 1 aliphatic heterocycles. The maximum absolute atomic E-state index is 12.5. The molecule has 1 aliphatic rings. The van der Waals surface area contributed by atoms with Crippen LogP contribution >= 0.6 is 0 Å². The van der Waals surface area contributed by atoms with Gasteiger partial charge in [-0.15, -0.1) is 0 Å². The van der Waals surface area contributed by atoms with Gasteiger partial charge in [-0.1, -0.05) is 25.5 Å². The first-order valence-corrected chi connectivity index (χ1v) is 7.93. The Balaban J connectivity index is 1.74. The first-order chi connectivity index (χ1) is 10.8. The van der Waals surface area contributed by atoms with E-state index in [0.29, 0.717) is 5.92 Å². The molecule has 1 fully saturated rings. The first kappa shape index (κ1) is 14.6. The Labute approximate surface area is 130 Å². The third-order valence-electron chi connectivity index (χ3n) is 4.28. The molecule has 0 saturated carbocycles. The predicted octanol–water partition coefficient (Wildman–Crippen LogP) is 3.53. The van der Waals surface area contributed by atoms with Crippen molar-refractivity contribution < 1.29 is 4.79 Å². The standard InChI is InChI=1S/C17H22N4O/c1-2-14-7-5-11-20(13-14)17(22)19-15-8-3-4-9-16(15)21-12-6-10-18-21/h3-4,6,8-10,12,14H,2,5,7,11,13H2,1H3,(H,19,22). The number of nitrogens with one attached hydrogen (secondary N) is 1. The maximum atomic E-state index is 12.5. The average molecular weight is 298 g/mol. The van der Waals surface area contributed by atoms with Crippen LogP contribution in [0, 0.1) is 5.92 Å². The number of para-hydroxylation sites is 2. The van der Waals surface area contributed by atoms with Crippen molar-refractivity contribution in [2.75, 3.05) is 18.4 Å². The average Bonchev–Trinajstić information content (AvgIpc) is 3.09. The summed E-state index contributed by atoms with van der Waals surface area (Å²) in [7, 11) is 0. The molecular formula is C17H22N4O. The van der Waals surface area contributed by atoms with Crippen LogP contribution in [-0.2, 0) is 0 Å². The molecule has 1 aromatic heterocycles. The van der Waals surface area contributed by atoms with Crippen LogP contribution in [0.1, 0.15) is 26.2 Å². The molecule has 116 valence electrons. The van der Waals surface area contributed by atoms with Crippen molar-refractivity contribution >= 4 is 11.7 Å². The molecule has 1 unspecified atom stereocenters. The van der Waals surface area contributed by atoms with E-state index in [4.69, 9.17) is 0 Å². The minimum Gasteiger partial charge on any atom is -0.324 e. The van der Waals surface area contributed by atoms with Gasteiger partial charge in [-0.25, -0.2) is 9.48 Å². The van der Waals surface area contributed by atoms with Crippen LogP contribution in [0.25, 0.3) is 5.69 Å². The number of amides is 2. The molecule has 1 atom stereocenters. The molecule has 1 aromatic carbocycles. The van der Waals surface area contributed by atoms with Crippen molar-refractivity contribution in [1.29, 1.82) is 0 Å². The largest absolute Gasteiger partial charge is 0.324 e. The summed E-state index contributed by atoms with van der Waals surface area (Å²) >= 11 is 0. The molecule has 1 N–H and O–H groups in total. The van der Waals surface area contributed by atoms with Gasteiger partial charge in [0.15, 0.2) is 0 Å². The molecule has 0 aliphatic carbocycles. The summed E-state index contributed by atoms with van der Waals surface area (Å²) in [6.45, 7) is 3.89. The van der Waals surface area contributed by atoms with Gasteiger partial charge in [0.2, 0.25) is 0 Å². The Hall–Kier alpha value is -2.30. The normalized spacial score (nSPS) is 18.2. The highest BCUT2D eigenvalue weighted by molar-refractivity contribution is 5.91. The van der Waals surface area contributed by atoms with Gasteiger partial charge >= 0.3 is 6.03 Å². The number of anilines is 1. The molecular weight excluding hydrogens is 276 g/mol.